The van der Waals surface area contributed by atoms with Gasteiger partial charge in [-0.15, -0.1) is 0 Å². The lowest BCUT2D eigenvalue weighted by Gasteiger charge is -2.15. The second kappa shape index (κ2) is 4.70. The molecule has 0 amide bonds. The molecule has 15 heavy (non-hydrogen) atoms. The molecule has 0 fully saturated rings. The first-order chi connectivity index (χ1) is 7.15. The van der Waals surface area contributed by atoms with Crippen LogP contribution >= 0.6 is 0 Å². The highest BCUT2D eigenvalue weighted by molar-refractivity contribution is 5.53. The largest absolute Gasteiger partial charge is 0.496 e. The normalized spacial score (nSPS) is 9.53. The molecule has 0 saturated heterocycles. The first kappa shape index (κ1) is 11.4. The van der Waals surface area contributed by atoms with Gasteiger partial charge in [0.1, 0.15) is 11.5 Å². The number of methoxy groups -OCH3 is 2. The zero-order chi connectivity index (χ0) is 11.4. The summed E-state index contributed by atoms with van der Waals surface area (Å²) >= 11 is 0. The molecule has 0 aliphatic heterocycles. The Morgan fingerprint density at radius 3 is 2.33 bits per heavy atom. The van der Waals surface area contributed by atoms with Crippen LogP contribution in [0, 0.1) is 25.2 Å². The highest BCUT2D eigenvalue weighted by Gasteiger charge is 2.13. The number of nitriles is 1. The quantitative estimate of drug-likeness (QED) is 0.760. The van der Waals surface area contributed by atoms with Gasteiger partial charge in [-0.25, -0.2) is 0 Å². The van der Waals surface area contributed by atoms with Gasteiger partial charge in [0.2, 0.25) is 0 Å². The molecule has 0 atom stereocenters. The molecule has 0 aromatic heterocycles. The van der Waals surface area contributed by atoms with E-state index in [1.807, 2.05) is 19.9 Å². The molecule has 0 heterocycles. The maximum absolute atomic E-state index is 8.71. The monoisotopic (exact) mass is 205 g/mol. The van der Waals surface area contributed by atoms with Crippen molar-refractivity contribution in [2.45, 2.75) is 20.3 Å². The predicted molar refractivity (Wildman–Crippen MR) is 58.3 cm³/mol. The molecule has 1 rings (SSSR count). The van der Waals surface area contributed by atoms with E-state index in [-0.39, 0.29) is 0 Å². The van der Waals surface area contributed by atoms with Gasteiger partial charge in [0.15, 0.2) is 0 Å². The van der Waals surface area contributed by atoms with Gasteiger partial charge in [-0.2, -0.15) is 5.26 Å². The molecule has 0 N–H and O–H groups in total. The van der Waals surface area contributed by atoms with Crippen LogP contribution in [0.3, 0.4) is 0 Å². The summed E-state index contributed by atoms with van der Waals surface area (Å²) in [7, 11) is 3.25. The first-order valence-corrected chi connectivity index (χ1v) is 4.73. The van der Waals surface area contributed by atoms with E-state index in [0.717, 1.165) is 28.2 Å². The van der Waals surface area contributed by atoms with Crippen molar-refractivity contribution in [1.29, 1.82) is 5.26 Å². The van der Waals surface area contributed by atoms with Crippen molar-refractivity contribution in [3.05, 3.63) is 22.8 Å². The van der Waals surface area contributed by atoms with E-state index in [1.54, 1.807) is 14.2 Å². The molecular formula is C12H15NO2. The summed E-state index contributed by atoms with van der Waals surface area (Å²) in [5.74, 6) is 1.57. The molecule has 0 spiro atoms. The zero-order valence-electron chi connectivity index (χ0n) is 9.55. The van der Waals surface area contributed by atoms with Gasteiger partial charge < -0.3 is 9.47 Å². The fraction of sp³-hybridized carbons (Fsp3) is 0.417. The molecule has 1 aromatic carbocycles. The van der Waals surface area contributed by atoms with Crippen LogP contribution in [-0.2, 0) is 6.42 Å². The Bertz CT molecular complexity index is 405. The van der Waals surface area contributed by atoms with Crippen LogP contribution in [0.4, 0.5) is 0 Å². The maximum atomic E-state index is 8.71. The molecule has 3 heteroatoms. The van der Waals surface area contributed by atoms with Crippen LogP contribution in [0.15, 0.2) is 6.07 Å². The minimum absolute atomic E-state index is 0.374. The van der Waals surface area contributed by atoms with Crippen molar-refractivity contribution >= 4 is 0 Å². The molecule has 0 radical (unpaired) electrons. The average Bonchev–Trinajstić information content (AvgIpc) is 2.23. The lowest BCUT2D eigenvalue weighted by atomic mass is 10.0. The topological polar surface area (TPSA) is 42.2 Å². The van der Waals surface area contributed by atoms with E-state index in [2.05, 4.69) is 6.07 Å². The van der Waals surface area contributed by atoms with Gasteiger partial charge in [0.05, 0.1) is 26.7 Å². The number of nitrogens with zero attached hydrogens (tertiary/aromatic N) is 1. The van der Waals surface area contributed by atoms with Crippen molar-refractivity contribution in [3.63, 3.8) is 0 Å². The predicted octanol–water partition coefficient (Wildman–Crippen LogP) is 2.39. The third-order valence-corrected chi connectivity index (χ3v) is 2.53. The van der Waals surface area contributed by atoms with Crippen LogP contribution < -0.4 is 9.47 Å². The Balaban J connectivity index is 3.38. The summed E-state index contributed by atoms with van der Waals surface area (Å²) in [6.45, 7) is 3.90. The Hall–Kier alpha value is -1.69. The van der Waals surface area contributed by atoms with Crippen molar-refractivity contribution in [2.75, 3.05) is 14.2 Å². The molecule has 3 nitrogen and oxygen atoms in total. The van der Waals surface area contributed by atoms with E-state index < -0.39 is 0 Å². The van der Waals surface area contributed by atoms with Crippen LogP contribution in [0.25, 0.3) is 0 Å². The lowest BCUT2D eigenvalue weighted by molar-refractivity contribution is 0.386. The second-order valence-electron chi connectivity index (χ2n) is 3.36. The molecule has 80 valence electrons. The number of rotatable bonds is 3. The standard InChI is InChI=1S/C12H15NO2/c1-8-10(5-6-13)7-11(14-3)9(2)12(8)15-4/h7H,5H2,1-4H3. The zero-order valence-corrected chi connectivity index (χ0v) is 9.55. The highest BCUT2D eigenvalue weighted by atomic mass is 16.5. The van der Waals surface area contributed by atoms with E-state index in [1.165, 1.54) is 0 Å². The molecule has 0 unspecified atom stereocenters. The van der Waals surface area contributed by atoms with E-state index >= 15 is 0 Å². The summed E-state index contributed by atoms with van der Waals surface area (Å²) in [5.41, 5.74) is 2.94. The minimum atomic E-state index is 0.374. The van der Waals surface area contributed by atoms with Gasteiger partial charge in [-0.1, -0.05) is 0 Å². The van der Waals surface area contributed by atoms with Gasteiger partial charge >= 0.3 is 0 Å². The van der Waals surface area contributed by atoms with Crippen molar-refractivity contribution in [1.82, 2.24) is 0 Å². The van der Waals surface area contributed by atoms with Gasteiger partial charge in [-0.05, 0) is 31.0 Å². The third kappa shape index (κ3) is 2.04. The van der Waals surface area contributed by atoms with Crippen LogP contribution in [-0.4, -0.2) is 14.2 Å². The number of benzene rings is 1. The lowest BCUT2D eigenvalue weighted by Crippen LogP contribution is -1.99. The second-order valence-corrected chi connectivity index (χ2v) is 3.36. The van der Waals surface area contributed by atoms with Crippen molar-refractivity contribution < 1.29 is 9.47 Å². The molecular weight excluding hydrogens is 190 g/mol. The molecule has 1 aromatic rings. The smallest absolute Gasteiger partial charge is 0.128 e. The summed E-state index contributed by atoms with van der Waals surface area (Å²) in [6, 6.07) is 4.04. The van der Waals surface area contributed by atoms with E-state index in [9.17, 15) is 0 Å². The van der Waals surface area contributed by atoms with E-state index in [0.29, 0.717) is 6.42 Å². The Kier molecular flexibility index (Phi) is 3.56. The fourth-order valence-electron chi connectivity index (χ4n) is 1.70. The Labute approximate surface area is 90.2 Å². The average molecular weight is 205 g/mol. The molecule has 0 saturated carbocycles. The van der Waals surface area contributed by atoms with Gasteiger partial charge in [-0.3, -0.25) is 0 Å². The van der Waals surface area contributed by atoms with Crippen molar-refractivity contribution in [2.24, 2.45) is 0 Å². The summed E-state index contributed by atoms with van der Waals surface area (Å²) < 4.78 is 10.6. The van der Waals surface area contributed by atoms with Crippen LogP contribution in [0.1, 0.15) is 16.7 Å². The fourth-order valence-corrected chi connectivity index (χ4v) is 1.70. The number of ether oxygens (including phenoxy) is 2. The molecule has 0 aliphatic carbocycles. The molecule has 0 bridgehead atoms. The number of hydrogen-bond acceptors (Lipinski definition) is 3. The third-order valence-electron chi connectivity index (χ3n) is 2.53. The Morgan fingerprint density at radius 1 is 1.20 bits per heavy atom. The Morgan fingerprint density at radius 2 is 1.87 bits per heavy atom. The first-order valence-electron chi connectivity index (χ1n) is 4.73. The number of hydrogen-bond donors (Lipinski definition) is 0. The van der Waals surface area contributed by atoms with Crippen LogP contribution in [0.5, 0.6) is 11.5 Å². The van der Waals surface area contributed by atoms with Gasteiger partial charge in [0, 0.05) is 5.56 Å². The van der Waals surface area contributed by atoms with E-state index in [4.69, 9.17) is 14.7 Å². The maximum Gasteiger partial charge on any atom is 0.128 e. The molecule has 0 aliphatic rings. The van der Waals surface area contributed by atoms with Gasteiger partial charge in [0.25, 0.3) is 0 Å². The summed E-state index contributed by atoms with van der Waals surface area (Å²) in [6.07, 6.45) is 0.374. The summed E-state index contributed by atoms with van der Waals surface area (Å²) in [4.78, 5) is 0. The minimum Gasteiger partial charge on any atom is -0.496 e. The highest BCUT2D eigenvalue weighted by Crippen LogP contribution is 2.33. The SMILES string of the molecule is COc1cc(CC#N)c(C)c(OC)c1C. The summed E-state index contributed by atoms with van der Waals surface area (Å²) in [5, 5.41) is 8.71. The van der Waals surface area contributed by atoms with Crippen LogP contribution in [0.2, 0.25) is 0 Å². The van der Waals surface area contributed by atoms with Crippen molar-refractivity contribution in [3.8, 4) is 17.6 Å².